The number of nitro groups is 1. The number of ether oxygens (including phenoxy) is 3. The van der Waals surface area contributed by atoms with Crippen molar-refractivity contribution in [3.63, 3.8) is 0 Å². The Balaban J connectivity index is 1.65. The molecule has 0 aliphatic heterocycles. The molecule has 0 amide bonds. The lowest BCUT2D eigenvalue weighted by Gasteiger charge is -2.17. The fraction of sp³-hybridized carbons (Fsp3) is 0.229. The third-order valence-corrected chi connectivity index (χ3v) is 7.30. The maximum absolute atomic E-state index is 13.8. The van der Waals surface area contributed by atoms with E-state index in [1.54, 1.807) is 38.3 Å². The van der Waals surface area contributed by atoms with E-state index in [1.165, 1.54) is 17.0 Å². The van der Waals surface area contributed by atoms with E-state index < -0.39 is 4.92 Å². The van der Waals surface area contributed by atoms with Crippen molar-refractivity contribution in [3.8, 4) is 28.6 Å². The number of nitrogens with zero attached hydrogens (tertiary/aromatic N) is 4. The second-order valence-electron chi connectivity index (χ2n) is 10.7. The highest BCUT2D eigenvalue weighted by molar-refractivity contribution is 5.84. The van der Waals surface area contributed by atoms with Gasteiger partial charge in [0.1, 0.15) is 12.4 Å². The minimum atomic E-state index is -0.524. The highest BCUT2D eigenvalue weighted by Crippen LogP contribution is 2.39. The molecular formula is C35H34N4O6. The molecule has 0 fully saturated rings. The summed E-state index contributed by atoms with van der Waals surface area (Å²) < 4.78 is 18.5. The first-order valence-corrected chi connectivity index (χ1v) is 14.6. The maximum atomic E-state index is 13.8. The lowest BCUT2D eigenvalue weighted by atomic mass is 9.96. The van der Waals surface area contributed by atoms with Crippen molar-refractivity contribution in [2.45, 2.75) is 40.2 Å². The summed E-state index contributed by atoms with van der Waals surface area (Å²) in [5.74, 6) is 1.43. The Hall–Kier alpha value is -5.51. The second kappa shape index (κ2) is 13.4. The quantitative estimate of drug-likeness (QED) is 0.0881. The first kappa shape index (κ1) is 30.9. The van der Waals surface area contributed by atoms with Crippen molar-refractivity contribution >= 4 is 22.8 Å². The zero-order valence-electron chi connectivity index (χ0n) is 25.8. The zero-order valence-corrected chi connectivity index (χ0v) is 25.8. The van der Waals surface area contributed by atoms with Crippen LogP contribution in [0.5, 0.6) is 17.2 Å². The van der Waals surface area contributed by atoms with Crippen molar-refractivity contribution < 1.29 is 19.1 Å². The molecule has 10 heteroatoms. The third kappa shape index (κ3) is 6.54. The normalized spacial score (nSPS) is 11.3. The molecule has 45 heavy (non-hydrogen) atoms. The smallest absolute Gasteiger partial charge is 0.315 e. The molecule has 0 saturated heterocycles. The van der Waals surface area contributed by atoms with Gasteiger partial charge < -0.3 is 14.2 Å². The highest BCUT2D eigenvalue weighted by Gasteiger charge is 2.23. The summed E-state index contributed by atoms with van der Waals surface area (Å²) in [5.41, 5.74) is 3.58. The third-order valence-electron chi connectivity index (χ3n) is 7.30. The molecule has 0 saturated carbocycles. The first-order chi connectivity index (χ1) is 21.7. The van der Waals surface area contributed by atoms with E-state index in [1.807, 2.05) is 55.5 Å². The van der Waals surface area contributed by atoms with E-state index in [0.29, 0.717) is 27.9 Å². The number of para-hydroxylation sites is 1. The Kier molecular flexibility index (Phi) is 9.22. The van der Waals surface area contributed by atoms with Crippen molar-refractivity contribution in [2.24, 2.45) is 5.10 Å². The molecule has 230 valence electrons. The van der Waals surface area contributed by atoms with Crippen molar-refractivity contribution in [3.05, 3.63) is 122 Å². The van der Waals surface area contributed by atoms with Crippen LogP contribution >= 0.6 is 0 Å². The molecule has 10 nitrogen and oxygen atoms in total. The van der Waals surface area contributed by atoms with Gasteiger partial charge in [0.15, 0.2) is 11.6 Å². The van der Waals surface area contributed by atoms with Gasteiger partial charge in [0, 0.05) is 17.2 Å². The van der Waals surface area contributed by atoms with Gasteiger partial charge in [0.2, 0.25) is 5.75 Å². The molecule has 4 aromatic carbocycles. The molecule has 0 atom stereocenters. The molecule has 1 aromatic heterocycles. The fourth-order valence-corrected chi connectivity index (χ4v) is 5.05. The molecule has 1 heterocycles. The van der Waals surface area contributed by atoms with E-state index in [-0.39, 0.29) is 41.9 Å². The number of rotatable bonds is 11. The van der Waals surface area contributed by atoms with E-state index in [4.69, 9.17) is 19.2 Å². The van der Waals surface area contributed by atoms with Crippen LogP contribution in [0.3, 0.4) is 0 Å². The van der Waals surface area contributed by atoms with Gasteiger partial charge in [0.05, 0.1) is 35.8 Å². The summed E-state index contributed by atoms with van der Waals surface area (Å²) in [6.45, 7) is 8.20. The van der Waals surface area contributed by atoms with E-state index >= 15 is 0 Å². The molecule has 0 aliphatic carbocycles. The number of aromatic nitrogens is 2. The molecule has 0 bridgehead atoms. The monoisotopic (exact) mass is 606 g/mol. The van der Waals surface area contributed by atoms with Gasteiger partial charge in [-0.15, -0.1) is 0 Å². The predicted molar refractivity (Wildman–Crippen MR) is 175 cm³/mol. The number of hydrogen-bond acceptors (Lipinski definition) is 8. The van der Waals surface area contributed by atoms with Gasteiger partial charge in [-0.3, -0.25) is 14.9 Å². The molecule has 0 unspecified atom stereocenters. The Labute approximate surface area is 260 Å². The average Bonchev–Trinajstić information content (AvgIpc) is 3.03. The van der Waals surface area contributed by atoms with Crippen LogP contribution in [0.4, 0.5) is 5.69 Å². The number of hydrogen-bond donors (Lipinski definition) is 0. The SMILES string of the molecule is CCOc1cc(C=Nn2c(-c3cc(C(C)C)c(OC)cc3C)nc3ccccc3c2=O)cc([N+](=O)[O-])c1OCc1ccccc1. The average molecular weight is 607 g/mol. The van der Waals surface area contributed by atoms with Gasteiger partial charge in [-0.25, -0.2) is 4.98 Å². The zero-order chi connectivity index (χ0) is 32.1. The van der Waals surface area contributed by atoms with Gasteiger partial charge in [-0.2, -0.15) is 9.78 Å². The topological polar surface area (TPSA) is 118 Å². The van der Waals surface area contributed by atoms with Crippen LogP contribution in [0.2, 0.25) is 0 Å². The summed E-state index contributed by atoms with van der Waals surface area (Å²) in [4.78, 5) is 30.4. The molecule has 5 rings (SSSR count). The van der Waals surface area contributed by atoms with Crippen LogP contribution in [0.1, 0.15) is 48.9 Å². The van der Waals surface area contributed by atoms with Crippen LogP contribution in [0.25, 0.3) is 22.3 Å². The van der Waals surface area contributed by atoms with Crippen molar-refractivity contribution in [1.29, 1.82) is 0 Å². The molecule has 5 aromatic rings. The van der Waals surface area contributed by atoms with Crippen LogP contribution in [-0.2, 0) is 6.61 Å². The van der Waals surface area contributed by atoms with Gasteiger partial charge in [-0.1, -0.05) is 56.3 Å². The number of benzene rings is 4. The summed E-state index contributed by atoms with van der Waals surface area (Å²) in [5, 5.41) is 17.1. The molecular weight excluding hydrogens is 572 g/mol. The number of aryl methyl sites for hydroxylation is 1. The molecule has 0 spiro atoms. The molecule has 0 radical (unpaired) electrons. The Morgan fingerprint density at radius 3 is 2.42 bits per heavy atom. The largest absolute Gasteiger partial charge is 0.496 e. The van der Waals surface area contributed by atoms with Crippen LogP contribution in [0.15, 0.2) is 88.8 Å². The number of methoxy groups -OCH3 is 1. The summed E-state index contributed by atoms with van der Waals surface area (Å²) in [7, 11) is 1.63. The molecule has 0 N–H and O–H groups in total. The number of fused-ring (bicyclic) bond motifs is 1. The fourth-order valence-electron chi connectivity index (χ4n) is 5.05. The predicted octanol–water partition coefficient (Wildman–Crippen LogP) is 7.27. The first-order valence-electron chi connectivity index (χ1n) is 14.6. The van der Waals surface area contributed by atoms with Crippen molar-refractivity contribution in [1.82, 2.24) is 9.66 Å². The highest BCUT2D eigenvalue weighted by atomic mass is 16.6. The minimum Gasteiger partial charge on any atom is -0.496 e. The maximum Gasteiger partial charge on any atom is 0.315 e. The van der Waals surface area contributed by atoms with Gasteiger partial charge in [-0.05, 0) is 66.8 Å². The van der Waals surface area contributed by atoms with E-state index in [9.17, 15) is 14.9 Å². The van der Waals surface area contributed by atoms with Gasteiger partial charge in [0.25, 0.3) is 5.56 Å². The Morgan fingerprint density at radius 2 is 1.73 bits per heavy atom. The van der Waals surface area contributed by atoms with Crippen molar-refractivity contribution in [2.75, 3.05) is 13.7 Å². The number of nitro benzene ring substituents is 1. The Morgan fingerprint density at radius 1 is 1.00 bits per heavy atom. The van der Waals surface area contributed by atoms with Crippen LogP contribution in [-0.4, -0.2) is 34.5 Å². The molecule has 0 aliphatic rings. The van der Waals surface area contributed by atoms with Crippen LogP contribution < -0.4 is 19.8 Å². The standard InChI is InChI=1S/C35H34N4O6/c1-6-44-32-18-25(17-30(39(41)42)33(32)45-21-24-12-8-7-9-13-24)20-36-38-34(37-29-15-11-10-14-26(29)35(38)40)28-19-27(22(2)3)31(43-5)16-23(28)4/h7-20,22H,6,21H2,1-5H3. The second-order valence-corrected chi connectivity index (χ2v) is 10.7. The Bertz CT molecular complexity index is 1950. The van der Waals surface area contributed by atoms with Gasteiger partial charge >= 0.3 is 5.69 Å². The van der Waals surface area contributed by atoms with E-state index in [2.05, 4.69) is 18.9 Å². The van der Waals surface area contributed by atoms with Crippen LogP contribution in [0, 0.1) is 17.0 Å². The summed E-state index contributed by atoms with van der Waals surface area (Å²) >= 11 is 0. The lowest BCUT2D eigenvalue weighted by Crippen LogP contribution is -2.21. The summed E-state index contributed by atoms with van der Waals surface area (Å²) in [6.07, 6.45) is 1.39. The minimum absolute atomic E-state index is 0.0168. The van der Waals surface area contributed by atoms with E-state index in [0.717, 1.165) is 22.4 Å². The summed E-state index contributed by atoms with van der Waals surface area (Å²) in [6, 6.07) is 23.3. The lowest BCUT2D eigenvalue weighted by molar-refractivity contribution is -0.386.